The van der Waals surface area contributed by atoms with Gasteiger partial charge in [0, 0.05) is 6.04 Å². The lowest BCUT2D eigenvalue weighted by Gasteiger charge is -2.16. The summed E-state index contributed by atoms with van der Waals surface area (Å²) in [5.41, 5.74) is 4.58. The first-order valence-electron chi connectivity index (χ1n) is 6.12. The summed E-state index contributed by atoms with van der Waals surface area (Å²) in [5.74, 6) is 5.01. The van der Waals surface area contributed by atoms with Gasteiger partial charge in [-0.1, -0.05) is 24.3 Å². The Morgan fingerprint density at radius 1 is 0.895 bits per heavy atom. The van der Waals surface area contributed by atoms with Crippen LogP contribution in [-0.2, 0) is 12.8 Å². The van der Waals surface area contributed by atoms with Crippen molar-refractivity contribution in [2.24, 2.45) is 5.84 Å². The van der Waals surface area contributed by atoms with E-state index in [0.717, 1.165) is 11.1 Å². The van der Waals surface area contributed by atoms with Crippen molar-refractivity contribution < 1.29 is 8.78 Å². The molecule has 100 valence electrons. The average Bonchev–Trinajstić information content (AvgIpc) is 2.40. The Balaban J connectivity index is 2.02. The number of nitrogens with two attached hydrogens (primary N) is 1. The minimum absolute atomic E-state index is 0.0211. The molecule has 0 aliphatic heterocycles. The fourth-order valence-electron chi connectivity index (χ4n) is 2.04. The van der Waals surface area contributed by atoms with Crippen molar-refractivity contribution in [3.63, 3.8) is 0 Å². The van der Waals surface area contributed by atoms with E-state index in [-0.39, 0.29) is 17.7 Å². The fourth-order valence-corrected chi connectivity index (χ4v) is 2.04. The number of halogens is 2. The van der Waals surface area contributed by atoms with Gasteiger partial charge in [0.05, 0.1) is 0 Å². The molecule has 19 heavy (non-hydrogen) atoms. The Morgan fingerprint density at radius 2 is 1.58 bits per heavy atom. The van der Waals surface area contributed by atoms with Crippen LogP contribution in [0.3, 0.4) is 0 Å². The molecule has 1 atom stereocenters. The normalized spacial score (nSPS) is 12.4. The fraction of sp³-hybridized carbons (Fsp3) is 0.200. The molecule has 2 rings (SSSR count). The molecule has 0 aromatic heterocycles. The van der Waals surface area contributed by atoms with E-state index >= 15 is 0 Å². The molecule has 0 bridgehead atoms. The maximum Gasteiger partial charge on any atom is 0.123 e. The number of hydrazine groups is 1. The van der Waals surface area contributed by atoms with Gasteiger partial charge in [-0.3, -0.25) is 11.3 Å². The van der Waals surface area contributed by atoms with Crippen molar-refractivity contribution >= 4 is 0 Å². The predicted molar refractivity (Wildman–Crippen MR) is 71.3 cm³/mol. The van der Waals surface area contributed by atoms with Crippen LogP contribution in [0.25, 0.3) is 0 Å². The zero-order chi connectivity index (χ0) is 13.7. The molecule has 3 N–H and O–H groups in total. The summed E-state index contributed by atoms with van der Waals surface area (Å²) in [5, 5.41) is 0. The van der Waals surface area contributed by atoms with Crippen molar-refractivity contribution in [2.45, 2.75) is 18.9 Å². The molecule has 0 amide bonds. The van der Waals surface area contributed by atoms with Crippen LogP contribution in [0.2, 0.25) is 0 Å². The number of nitrogens with one attached hydrogen (secondary N) is 1. The summed E-state index contributed by atoms with van der Waals surface area (Å²) in [4.78, 5) is 0. The number of hydrogen-bond donors (Lipinski definition) is 2. The van der Waals surface area contributed by atoms with E-state index in [4.69, 9.17) is 5.84 Å². The van der Waals surface area contributed by atoms with Gasteiger partial charge >= 0.3 is 0 Å². The highest BCUT2D eigenvalue weighted by molar-refractivity contribution is 5.20. The minimum Gasteiger partial charge on any atom is -0.271 e. The van der Waals surface area contributed by atoms with Gasteiger partial charge in [-0.25, -0.2) is 8.78 Å². The lowest BCUT2D eigenvalue weighted by atomic mass is 9.99. The largest absolute Gasteiger partial charge is 0.271 e. The minimum atomic E-state index is -0.258. The Labute approximate surface area is 111 Å². The third-order valence-electron chi connectivity index (χ3n) is 3.00. The Bertz CT molecular complexity index is 526. The molecule has 0 aliphatic carbocycles. The average molecular weight is 262 g/mol. The molecule has 0 radical (unpaired) electrons. The molecule has 0 fully saturated rings. The van der Waals surface area contributed by atoms with Gasteiger partial charge in [-0.05, 0) is 48.2 Å². The highest BCUT2D eigenvalue weighted by Crippen LogP contribution is 2.11. The molecule has 1 unspecified atom stereocenters. The summed E-state index contributed by atoms with van der Waals surface area (Å²) in [6.07, 6.45) is 1.28. The first-order chi connectivity index (χ1) is 9.17. The standard InChI is InChI=1S/C15H16F2N2/c16-13-6-4-11(5-7-13)9-15(19-18)10-12-2-1-3-14(17)8-12/h1-8,15,19H,9-10,18H2. The Morgan fingerprint density at radius 3 is 2.21 bits per heavy atom. The van der Waals surface area contributed by atoms with Crippen LogP contribution in [0, 0.1) is 11.6 Å². The third kappa shape index (κ3) is 4.12. The van der Waals surface area contributed by atoms with E-state index in [9.17, 15) is 8.78 Å². The molecule has 0 aliphatic rings. The highest BCUT2D eigenvalue weighted by Gasteiger charge is 2.09. The van der Waals surface area contributed by atoms with Crippen molar-refractivity contribution in [1.29, 1.82) is 0 Å². The van der Waals surface area contributed by atoms with Crippen LogP contribution in [-0.4, -0.2) is 6.04 Å². The van der Waals surface area contributed by atoms with E-state index in [2.05, 4.69) is 5.43 Å². The molecular formula is C15H16F2N2. The van der Waals surface area contributed by atoms with Gasteiger partial charge in [0.2, 0.25) is 0 Å². The summed E-state index contributed by atoms with van der Waals surface area (Å²) in [6.45, 7) is 0. The van der Waals surface area contributed by atoms with Crippen LogP contribution in [0.4, 0.5) is 8.78 Å². The highest BCUT2D eigenvalue weighted by atomic mass is 19.1. The van der Waals surface area contributed by atoms with Crippen LogP contribution in [0.15, 0.2) is 48.5 Å². The van der Waals surface area contributed by atoms with Crippen molar-refractivity contribution in [3.05, 3.63) is 71.3 Å². The van der Waals surface area contributed by atoms with E-state index < -0.39 is 0 Å². The first-order valence-corrected chi connectivity index (χ1v) is 6.12. The molecule has 2 nitrogen and oxygen atoms in total. The van der Waals surface area contributed by atoms with Crippen molar-refractivity contribution in [2.75, 3.05) is 0 Å². The Kier molecular flexibility index (Phi) is 4.60. The van der Waals surface area contributed by atoms with E-state index in [1.165, 1.54) is 24.3 Å². The summed E-state index contributed by atoms with van der Waals surface area (Å²) in [6, 6.07) is 12.7. The number of rotatable bonds is 5. The predicted octanol–water partition coefficient (Wildman–Crippen LogP) is 2.58. The molecule has 0 saturated carbocycles. The molecule has 0 saturated heterocycles. The molecular weight excluding hydrogens is 246 g/mol. The van der Waals surface area contributed by atoms with Gasteiger partial charge in [0.1, 0.15) is 11.6 Å². The van der Waals surface area contributed by atoms with E-state index in [1.807, 2.05) is 6.07 Å². The maximum atomic E-state index is 13.1. The second-order valence-corrected chi connectivity index (χ2v) is 4.53. The third-order valence-corrected chi connectivity index (χ3v) is 3.00. The number of hydrogen-bond acceptors (Lipinski definition) is 2. The topological polar surface area (TPSA) is 38.0 Å². The second-order valence-electron chi connectivity index (χ2n) is 4.53. The maximum absolute atomic E-state index is 13.1. The van der Waals surface area contributed by atoms with Crippen molar-refractivity contribution in [1.82, 2.24) is 5.43 Å². The van der Waals surface area contributed by atoms with Gasteiger partial charge in [0.25, 0.3) is 0 Å². The number of benzene rings is 2. The zero-order valence-electron chi connectivity index (χ0n) is 10.4. The van der Waals surface area contributed by atoms with E-state index in [0.29, 0.717) is 12.8 Å². The summed E-state index contributed by atoms with van der Waals surface area (Å²) >= 11 is 0. The first kappa shape index (κ1) is 13.6. The van der Waals surface area contributed by atoms with Gasteiger partial charge in [0.15, 0.2) is 0 Å². The lowest BCUT2D eigenvalue weighted by molar-refractivity contribution is 0.520. The monoisotopic (exact) mass is 262 g/mol. The summed E-state index contributed by atoms with van der Waals surface area (Å²) in [7, 11) is 0. The summed E-state index contributed by atoms with van der Waals surface area (Å²) < 4.78 is 25.9. The molecule has 2 aromatic carbocycles. The lowest BCUT2D eigenvalue weighted by Crippen LogP contribution is -2.38. The SMILES string of the molecule is NNC(Cc1ccc(F)cc1)Cc1cccc(F)c1. The molecule has 2 aromatic rings. The molecule has 0 spiro atoms. The van der Waals surface area contributed by atoms with E-state index in [1.54, 1.807) is 18.2 Å². The smallest absolute Gasteiger partial charge is 0.123 e. The van der Waals surface area contributed by atoms with Gasteiger partial charge in [-0.15, -0.1) is 0 Å². The molecule has 0 heterocycles. The van der Waals surface area contributed by atoms with Crippen molar-refractivity contribution in [3.8, 4) is 0 Å². The van der Waals surface area contributed by atoms with Crippen LogP contribution >= 0.6 is 0 Å². The quantitative estimate of drug-likeness (QED) is 0.642. The van der Waals surface area contributed by atoms with Gasteiger partial charge < -0.3 is 0 Å². The molecule has 4 heteroatoms. The van der Waals surface area contributed by atoms with Crippen LogP contribution in [0.5, 0.6) is 0 Å². The Hall–Kier alpha value is -1.78. The van der Waals surface area contributed by atoms with Gasteiger partial charge in [-0.2, -0.15) is 0 Å². The zero-order valence-corrected chi connectivity index (χ0v) is 10.4. The second kappa shape index (κ2) is 6.41. The van der Waals surface area contributed by atoms with Crippen LogP contribution < -0.4 is 11.3 Å². The van der Waals surface area contributed by atoms with Crippen LogP contribution in [0.1, 0.15) is 11.1 Å².